The maximum absolute atomic E-state index is 12.8. The lowest BCUT2D eigenvalue weighted by molar-refractivity contribution is -0.0404. The number of allylic oxidation sites excluding steroid dienone is 1. The number of alkyl halides is 2. The van der Waals surface area contributed by atoms with Crippen LogP contribution in [0, 0.1) is 5.92 Å². The highest BCUT2D eigenvalue weighted by atomic mass is 19.3. The normalized spacial score (nSPS) is 31.0. The number of hydrogen-bond acceptors (Lipinski definition) is 1. The van der Waals surface area contributed by atoms with Crippen LogP contribution < -0.4 is 0 Å². The number of aliphatic hydroxyl groups is 1. The molecule has 0 radical (unpaired) electrons. The first kappa shape index (κ1) is 11.6. The van der Waals surface area contributed by atoms with Crippen LogP contribution in [0.15, 0.2) is 12.2 Å². The van der Waals surface area contributed by atoms with E-state index in [9.17, 15) is 13.9 Å². The van der Waals surface area contributed by atoms with E-state index in [2.05, 4.69) is 0 Å². The van der Waals surface area contributed by atoms with Gasteiger partial charge in [0.15, 0.2) is 0 Å². The Hall–Kier alpha value is -0.440. The summed E-state index contributed by atoms with van der Waals surface area (Å²) in [5, 5.41) is 10.1. The molecule has 1 aliphatic carbocycles. The maximum atomic E-state index is 12.8. The molecule has 0 bridgehead atoms. The molecule has 1 atom stereocenters. The molecule has 0 aliphatic heterocycles. The lowest BCUT2D eigenvalue weighted by Gasteiger charge is -2.36. The van der Waals surface area contributed by atoms with Crippen LogP contribution in [0.4, 0.5) is 8.78 Å². The molecule has 1 unspecified atom stereocenters. The molecule has 0 amide bonds. The van der Waals surface area contributed by atoms with Gasteiger partial charge in [-0.3, -0.25) is 0 Å². The highest BCUT2D eigenvalue weighted by molar-refractivity contribution is 5.13. The lowest BCUT2D eigenvalue weighted by Crippen LogP contribution is -2.40. The van der Waals surface area contributed by atoms with Crippen molar-refractivity contribution in [3.63, 3.8) is 0 Å². The average Bonchev–Trinajstić information content (AvgIpc) is 2.13. The maximum Gasteiger partial charge on any atom is 0.266 e. The molecule has 0 aromatic heterocycles. The number of halogens is 2. The fourth-order valence-electron chi connectivity index (χ4n) is 2.14. The Morgan fingerprint density at radius 1 is 1.21 bits per heavy atom. The Balaban J connectivity index is 2.78. The van der Waals surface area contributed by atoms with Gasteiger partial charge in [-0.15, -0.1) is 0 Å². The minimum absolute atomic E-state index is 0.0925. The summed E-state index contributed by atoms with van der Waals surface area (Å²) >= 11 is 0. The summed E-state index contributed by atoms with van der Waals surface area (Å²) in [6.07, 6.45) is 3.73. The first-order chi connectivity index (χ1) is 6.43. The predicted octanol–water partition coefficient (Wildman–Crippen LogP) is 3.14. The predicted molar refractivity (Wildman–Crippen MR) is 52.3 cm³/mol. The second-order valence-electron chi connectivity index (χ2n) is 4.10. The van der Waals surface area contributed by atoms with Gasteiger partial charge >= 0.3 is 0 Å². The summed E-state index contributed by atoms with van der Waals surface area (Å²) in [6.45, 7) is 3.96. The van der Waals surface area contributed by atoms with Crippen molar-refractivity contribution in [1.82, 2.24) is 0 Å². The van der Waals surface area contributed by atoms with Crippen molar-refractivity contribution in [3.8, 4) is 0 Å². The molecule has 0 spiro atoms. The largest absolute Gasteiger partial charge is 0.386 e. The Morgan fingerprint density at radius 3 is 2.14 bits per heavy atom. The molecule has 14 heavy (non-hydrogen) atoms. The Labute approximate surface area is 83.8 Å². The van der Waals surface area contributed by atoms with E-state index in [0.717, 1.165) is 18.9 Å². The van der Waals surface area contributed by atoms with Crippen LogP contribution in [0.1, 0.15) is 39.5 Å². The van der Waals surface area contributed by atoms with Crippen LogP contribution in [0.25, 0.3) is 0 Å². The van der Waals surface area contributed by atoms with E-state index in [1.54, 1.807) is 0 Å². The second kappa shape index (κ2) is 3.97. The first-order valence-corrected chi connectivity index (χ1v) is 5.24. The third-order valence-electron chi connectivity index (χ3n) is 3.17. The average molecular weight is 204 g/mol. The van der Waals surface area contributed by atoms with Gasteiger partial charge in [-0.2, -0.15) is 0 Å². The van der Waals surface area contributed by atoms with Crippen LogP contribution in [-0.2, 0) is 0 Å². The van der Waals surface area contributed by atoms with Crippen LogP contribution in [0.3, 0.4) is 0 Å². The molecular weight excluding hydrogens is 186 g/mol. The fraction of sp³-hybridized carbons (Fsp3) is 0.818. The van der Waals surface area contributed by atoms with Gasteiger partial charge in [0.1, 0.15) is 0 Å². The van der Waals surface area contributed by atoms with Crippen LogP contribution >= 0.6 is 0 Å². The van der Waals surface area contributed by atoms with Gasteiger partial charge in [0.25, 0.3) is 5.92 Å². The molecule has 0 aromatic rings. The Kier molecular flexibility index (Phi) is 3.30. The topological polar surface area (TPSA) is 20.2 Å². The second-order valence-corrected chi connectivity index (χ2v) is 4.10. The summed E-state index contributed by atoms with van der Waals surface area (Å²) in [5.74, 6) is -2.63. The van der Waals surface area contributed by atoms with Crippen LogP contribution in [-0.4, -0.2) is 16.6 Å². The van der Waals surface area contributed by atoms with Gasteiger partial charge in [-0.05, 0) is 18.4 Å². The van der Waals surface area contributed by atoms with Crippen molar-refractivity contribution in [3.05, 3.63) is 12.2 Å². The molecule has 1 nitrogen and oxygen atoms in total. The Bertz CT molecular complexity index is 221. The molecular formula is C11H18F2O. The lowest BCUT2D eigenvalue weighted by atomic mass is 9.76. The number of rotatable bonds is 3. The van der Waals surface area contributed by atoms with Crippen LogP contribution in [0.5, 0.6) is 0 Å². The molecule has 0 saturated carbocycles. The zero-order valence-electron chi connectivity index (χ0n) is 8.76. The third kappa shape index (κ3) is 2.32. The summed E-state index contributed by atoms with van der Waals surface area (Å²) in [4.78, 5) is 0. The molecule has 0 fully saturated rings. The highest BCUT2D eigenvalue weighted by Gasteiger charge is 2.40. The van der Waals surface area contributed by atoms with Gasteiger partial charge in [-0.25, -0.2) is 8.78 Å². The zero-order valence-corrected chi connectivity index (χ0v) is 8.76. The first-order valence-electron chi connectivity index (χ1n) is 5.24. The van der Waals surface area contributed by atoms with E-state index >= 15 is 0 Å². The number of hydrogen-bond donors (Lipinski definition) is 1. The summed E-state index contributed by atoms with van der Waals surface area (Å²) in [5.41, 5.74) is -1.01. The molecule has 82 valence electrons. The van der Waals surface area contributed by atoms with Crippen LogP contribution in [0.2, 0.25) is 0 Å². The van der Waals surface area contributed by atoms with Crippen molar-refractivity contribution in [1.29, 1.82) is 0 Å². The molecule has 0 aromatic carbocycles. The third-order valence-corrected chi connectivity index (χ3v) is 3.17. The van der Waals surface area contributed by atoms with E-state index < -0.39 is 11.5 Å². The standard InChI is InChI=1S/C11H18F2O/c1-3-9(4-2)10(14)5-7-11(12,13)8-6-10/h5,7,9,14H,3-4,6,8H2,1-2H3. The van der Waals surface area contributed by atoms with Crippen molar-refractivity contribution in [2.45, 2.75) is 51.1 Å². The van der Waals surface area contributed by atoms with E-state index in [4.69, 9.17) is 0 Å². The Morgan fingerprint density at radius 2 is 1.79 bits per heavy atom. The monoisotopic (exact) mass is 204 g/mol. The quantitative estimate of drug-likeness (QED) is 0.700. The molecule has 0 saturated heterocycles. The van der Waals surface area contributed by atoms with Gasteiger partial charge in [0, 0.05) is 6.42 Å². The van der Waals surface area contributed by atoms with Crippen molar-refractivity contribution < 1.29 is 13.9 Å². The van der Waals surface area contributed by atoms with Crippen molar-refractivity contribution in [2.75, 3.05) is 0 Å². The summed E-state index contributed by atoms with van der Waals surface area (Å²) in [7, 11) is 0. The molecule has 1 rings (SSSR count). The van der Waals surface area contributed by atoms with Gasteiger partial charge in [0.05, 0.1) is 5.60 Å². The van der Waals surface area contributed by atoms with Crippen molar-refractivity contribution >= 4 is 0 Å². The fourth-order valence-corrected chi connectivity index (χ4v) is 2.14. The smallest absolute Gasteiger partial charge is 0.266 e. The summed E-state index contributed by atoms with van der Waals surface area (Å²) < 4.78 is 25.6. The van der Waals surface area contributed by atoms with E-state index in [-0.39, 0.29) is 18.8 Å². The van der Waals surface area contributed by atoms with E-state index in [1.165, 1.54) is 6.08 Å². The van der Waals surface area contributed by atoms with E-state index in [1.807, 2.05) is 13.8 Å². The minimum atomic E-state index is -2.72. The minimum Gasteiger partial charge on any atom is -0.386 e. The van der Waals surface area contributed by atoms with Gasteiger partial charge in [-0.1, -0.05) is 32.8 Å². The van der Waals surface area contributed by atoms with E-state index in [0.29, 0.717) is 0 Å². The molecule has 1 aliphatic rings. The molecule has 3 heteroatoms. The van der Waals surface area contributed by atoms with Crippen molar-refractivity contribution in [2.24, 2.45) is 5.92 Å². The zero-order chi connectivity index (χ0) is 10.8. The van der Waals surface area contributed by atoms with Gasteiger partial charge < -0.3 is 5.11 Å². The highest BCUT2D eigenvalue weighted by Crippen LogP contribution is 2.38. The SMILES string of the molecule is CCC(CC)C1(O)C=CC(F)(F)CC1. The summed E-state index contributed by atoms with van der Waals surface area (Å²) in [6, 6.07) is 0. The van der Waals surface area contributed by atoms with Gasteiger partial charge in [0.2, 0.25) is 0 Å². The molecule has 0 heterocycles. The molecule has 1 N–H and O–H groups in total.